The van der Waals surface area contributed by atoms with Gasteiger partial charge in [-0.25, -0.2) is 0 Å². The first-order valence-corrected chi connectivity index (χ1v) is 5.19. The highest BCUT2D eigenvalue weighted by Gasteiger charge is 2.09. The first kappa shape index (κ1) is 10.9. The minimum Gasteiger partial charge on any atom is -0.459 e. The summed E-state index contributed by atoms with van der Waals surface area (Å²) in [6.45, 7) is 2.14. The second kappa shape index (κ2) is 7.25. The summed E-state index contributed by atoms with van der Waals surface area (Å²) >= 11 is 0. The molecule has 0 amide bonds. The van der Waals surface area contributed by atoms with Crippen molar-refractivity contribution in [2.24, 2.45) is 0 Å². The molecule has 0 unspecified atom stereocenters. The molecule has 14 heavy (non-hydrogen) atoms. The van der Waals surface area contributed by atoms with Gasteiger partial charge in [0.25, 0.3) is 0 Å². The third kappa shape index (κ3) is 4.75. The molecule has 0 spiro atoms. The molecule has 0 aromatic rings. The Balaban J connectivity index is 1.94. The number of ether oxygens (including phenoxy) is 2. The quantitative estimate of drug-likeness (QED) is 0.602. The Morgan fingerprint density at radius 1 is 1.07 bits per heavy atom. The summed E-state index contributed by atoms with van der Waals surface area (Å²) in [5, 5.41) is 0. The summed E-state index contributed by atoms with van der Waals surface area (Å²) in [5.41, 5.74) is 0. The molecule has 0 saturated heterocycles. The fourth-order valence-corrected chi connectivity index (χ4v) is 1.20. The lowest BCUT2D eigenvalue weighted by Crippen LogP contribution is -2.05. The van der Waals surface area contributed by atoms with Crippen LogP contribution in [-0.4, -0.2) is 6.29 Å². The Morgan fingerprint density at radius 3 is 2.50 bits per heavy atom. The zero-order chi connectivity index (χ0) is 10.1. The molecule has 0 N–H and O–H groups in total. The van der Waals surface area contributed by atoms with Crippen molar-refractivity contribution in [2.45, 2.75) is 38.9 Å². The van der Waals surface area contributed by atoms with E-state index < -0.39 is 0 Å². The van der Waals surface area contributed by atoms with Crippen LogP contribution in [-0.2, 0) is 9.47 Å². The Labute approximate surface area is 85.9 Å². The molecule has 0 fully saturated rings. The van der Waals surface area contributed by atoms with E-state index in [1.54, 1.807) is 12.5 Å². The highest BCUT2D eigenvalue weighted by molar-refractivity contribution is 4.92. The molecule has 0 radical (unpaired) electrons. The predicted molar refractivity (Wildman–Crippen MR) is 57.5 cm³/mol. The van der Waals surface area contributed by atoms with Crippen LogP contribution in [0.4, 0.5) is 0 Å². The van der Waals surface area contributed by atoms with Gasteiger partial charge in [-0.15, -0.1) is 0 Å². The number of rotatable bonds is 6. The Hall–Kier alpha value is -1.18. The highest BCUT2D eigenvalue weighted by Crippen LogP contribution is 2.11. The van der Waals surface area contributed by atoms with Crippen LogP contribution in [0.15, 0.2) is 36.8 Å². The largest absolute Gasteiger partial charge is 0.459 e. The molecule has 78 valence electrons. The average Bonchev–Trinajstić information content (AvgIpc) is 2.69. The van der Waals surface area contributed by atoms with Crippen LogP contribution in [0.1, 0.15) is 32.6 Å². The first-order valence-electron chi connectivity index (χ1n) is 5.19. The molecule has 2 heteroatoms. The average molecular weight is 194 g/mol. The second-order valence-electron chi connectivity index (χ2n) is 3.14. The van der Waals surface area contributed by atoms with Gasteiger partial charge in [0.15, 0.2) is 0 Å². The van der Waals surface area contributed by atoms with Gasteiger partial charge < -0.3 is 9.47 Å². The molecule has 1 heterocycles. The van der Waals surface area contributed by atoms with Gasteiger partial charge >= 0.3 is 0 Å². The van der Waals surface area contributed by atoms with E-state index in [0.717, 1.165) is 25.7 Å². The fourth-order valence-electron chi connectivity index (χ4n) is 1.20. The predicted octanol–water partition coefficient (Wildman–Crippen LogP) is 3.52. The summed E-state index contributed by atoms with van der Waals surface area (Å²) in [7, 11) is 0. The molecule has 0 aromatic carbocycles. The molecule has 0 atom stereocenters. The van der Waals surface area contributed by atoms with E-state index in [-0.39, 0.29) is 6.29 Å². The van der Waals surface area contributed by atoms with E-state index >= 15 is 0 Å². The first-order chi connectivity index (χ1) is 6.93. The van der Waals surface area contributed by atoms with E-state index in [0.29, 0.717) is 0 Å². The molecule has 0 saturated carbocycles. The topological polar surface area (TPSA) is 18.5 Å². The van der Waals surface area contributed by atoms with Gasteiger partial charge in [-0.1, -0.05) is 31.2 Å². The lowest BCUT2D eigenvalue weighted by Gasteiger charge is -2.07. The molecule has 1 aliphatic rings. The minimum absolute atomic E-state index is 0.0640. The summed E-state index contributed by atoms with van der Waals surface area (Å²) in [4.78, 5) is 0. The normalized spacial score (nSPS) is 16.6. The standard InChI is InChI=1S/C12H18O2/c1-2-3-4-5-6-7-8-9-12-13-10-11-14-12/h3-4,6-7,10-12H,2,5,8-9H2,1H3/b4-3-,7-6-. The van der Waals surface area contributed by atoms with E-state index in [4.69, 9.17) is 9.47 Å². The molecule has 2 nitrogen and oxygen atoms in total. The van der Waals surface area contributed by atoms with Gasteiger partial charge in [0.1, 0.15) is 12.5 Å². The molecular formula is C12H18O2. The van der Waals surface area contributed by atoms with Crippen molar-refractivity contribution < 1.29 is 9.47 Å². The van der Waals surface area contributed by atoms with Crippen molar-refractivity contribution in [1.82, 2.24) is 0 Å². The lowest BCUT2D eigenvalue weighted by molar-refractivity contribution is -0.0270. The van der Waals surface area contributed by atoms with Crippen LogP contribution in [0.3, 0.4) is 0 Å². The number of hydrogen-bond acceptors (Lipinski definition) is 2. The third-order valence-corrected chi connectivity index (χ3v) is 1.93. The maximum absolute atomic E-state index is 5.15. The second-order valence-corrected chi connectivity index (χ2v) is 3.14. The summed E-state index contributed by atoms with van der Waals surface area (Å²) in [6.07, 6.45) is 15.9. The highest BCUT2D eigenvalue weighted by atomic mass is 16.7. The maximum atomic E-state index is 5.15. The van der Waals surface area contributed by atoms with Gasteiger partial charge in [0.05, 0.1) is 0 Å². The molecule has 0 bridgehead atoms. The third-order valence-electron chi connectivity index (χ3n) is 1.93. The van der Waals surface area contributed by atoms with Crippen molar-refractivity contribution in [3.05, 3.63) is 36.8 Å². The van der Waals surface area contributed by atoms with E-state index in [1.807, 2.05) is 0 Å². The van der Waals surface area contributed by atoms with E-state index in [9.17, 15) is 0 Å². The van der Waals surface area contributed by atoms with Crippen LogP contribution in [0.5, 0.6) is 0 Å². The summed E-state index contributed by atoms with van der Waals surface area (Å²) in [6, 6.07) is 0. The summed E-state index contributed by atoms with van der Waals surface area (Å²) < 4.78 is 10.3. The Kier molecular flexibility index (Phi) is 5.64. The number of allylic oxidation sites excluding steroid dienone is 4. The van der Waals surface area contributed by atoms with E-state index in [1.165, 1.54) is 0 Å². The molecular weight excluding hydrogens is 176 g/mol. The van der Waals surface area contributed by atoms with Crippen molar-refractivity contribution >= 4 is 0 Å². The van der Waals surface area contributed by atoms with Gasteiger partial charge in [-0.05, 0) is 19.3 Å². The Morgan fingerprint density at radius 2 is 1.79 bits per heavy atom. The van der Waals surface area contributed by atoms with Crippen molar-refractivity contribution in [3.8, 4) is 0 Å². The van der Waals surface area contributed by atoms with Crippen LogP contribution < -0.4 is 0 Å². The molecule has 1 aliphatic heterocycles. The molecule has 1 rings (SSSR count). The van der Waals surface area contributed by atoms with Crippen LogP contribution in [0.2, 0.25) is 0 Å². The smallest absolute Gasteiger partial charge is 0.239 e. The lowest BCUT2D eigenvalue weighted by atomic mass is 10.2. The zero-order valence-electron chi connectivity index (χ0n) is 8.69. The van der Waals surface area contributed by atoms with Crippen LogP contribution in [0.25, 0.3) is 0 Å². The van der Waals surface area contributed by atoms with Gasteiger partial charge in [0, 0.05) is 6.42 Å². The fraction of sp³-hybridized carbons (Fsp3) is 0.500. The summed E-state index contributed by atoms with van der Waals surface area (Å²) in [5.74, 6) is 0. The van der Waals surface area contributed by atoms with Crippen LogP contribution >= 0.6 is 0 Å². The van der Waals surface area contributed by atoms with Gasteiger partial charge in [-0.3, -0.25) is 0 Å². The Bertz CT molecular complexity index is 208. The van der Waals surface area contributed by atoms with Gasteiger partial charge in [0.2, 0.25) is 6.29 Å². The molecule has 0 aliphatic carbocycles. The van der Waals surface area contributed by atoms with Crippen LogP contribution in [0, 0.1) is 0 Å². The van der Waals surface area contributed by atoms with Gasteiger partial charge in [-0.2, -0.15) is 0 Å². The van der Waals surface area contributed by atoms with Crippen molar-refractivity contribution in [1.29, 1.82) is 0 Å². The van der Waals surface area contributed by atoms with E-state index in [2.05, 4.69) is 31.2 Å². The SMILES string of the molecule is CC/C=C\C/C=C\CCC1OC=CO1. The molecule has 0 aromatic heterocycles. The van der Waals surface area contributed by atoms with Crippen molar-refractivity contribution in [2.75, 3.05) is 0 Å². The zero-order valence-corrected chi connectivity index (χ0v) is 8.69. The van der Waals surface area contributed by atoms with Crippen molar-refractivity contribution in [3.63, 3.8) is 0 Å². The monoisotopic (exact) mass is 194 g/mol. The number of hydrogen-bond donors (Lipinski definition) is 0. The minimum atomic E-state index is -0.0640. The maximum Gasteiger partial charge on any atom is 0.239 e.